The van der Waals surface area contributed by atoms with Gasteiger partial charge in [0, 0.05) is 12.5 Å². The molecule has 0 radical (unpaired) electrons. The van der Waals surface area contributed by atoms with E-state index in [1.165, 1.54) is 0 Å². The molecule has 1 saturated carbocycles. The predicted octanol–water partition coefficient (Wildman–Crippen LogP) is 1.45. The van der Waals surface area contributed by atoms with E-state index >= 15 is 0 Å². The van der Waals surface area contributed by atoms with Crippen LogP contribution in [0.2, 0.25) is 0 Å². The highest BCUT2D eigenvalue weighted by Gasteiger charge is 2.54. The van der Waals surface area contributed by atoms with Crippen LogP contribution in [-0.4, -0.2) is 35.8 Å². The molecule has 2 aliphatic heterocycles. The van der Waals surface area contributed by atoms with E-state index in [0.717, 1.165) is 58.0 Å². The van der Waals surface area contributed by atoms with Gasteiger partial charge in [-0.3, -0.25) is 14.5 Å². The summed E-state index contributed by atoms with van der Waals surface area (Å²) in [6.07, 6.45) is 7.52. The van der Waals surface area contributed by atoms with Crippen molar-refractivity contribution in [3.8, 4) is 0 Å². The Morgan fingerprint density at radius 3 is 2.61 bits per heavy atom. The molecule has 0 aromatic carbocycles. The molecule has 2 amide bonds. The van der Waals surface area contributed by atoms with Gasteiger partial charge in [0.25, 0.3) is 0 Å². The Morgan fingerprint density at radius 1 is 1.06 bits per heavy atom. The fraction of sp³-hybridized carbons (Fsp3) is 0.857. The fourth-order valence-electron chi connectivity index (χ4n) is 3.89. The molecule has 3 rings (SSSR count). The third-order valence-corrected chi connectivity index (χ3v) is 4.90. The monoisotopic (exact) mass is 250 g/mol. The molecular weight excluding hydrogens is 228 g/mol. The van der Waals surface area contributed by atoms with E-state index in [2.05, 4.69) is 5.32 Å². The van der Waals surface area contributed by atoms with E-state index in [1.807, 2.05) is 0 Å². The van der Waals surface area contributed by atoms with Crippen LogP contribution in [0, 0.1) is 5.41 Å². The summed E-state index contributed by atoms with van der Waals surface area (Å²) in [6.45, 7) is 1.94. The number of amides is 2. The number of carbonyl (C=O) groups excluding carboxylic acids is 2. The van der Waals surface area contributed by atoms with E-state index in [-0.39, 0.29) is 23.3 Å². The zero-order valence-electron chi connectivity index (χ0n) is 10.9. The highest BCUT2D eigenvalue weighted by atomic mass is 16.2. The smallest absolute Gasteiger partial charge is 0.236 e. The van der Waals surface area contributed by atoms with Gasteiger partial charge >= 0.3 is 0 Å². The van der Waals surface area contributed by atoms with Crippen molar-refractivity contribution in [2.24, 2.45) is 5.41 Å². The van der Waals surface area contributed by atoms with Crippen LogP contribution in [-0.2, 0) is 9.59 Å². The highest BCUT2D eigenvalue weighted by molar-refractivity contribution is 6.06. The van der Waals surface area contributed by atoms with Crippen LogP contribution in [0.3, 0.4) is 0 Å². The lowest BCUT2D eigenvalue weighted by molar-refractivity contribution is -0.144. The van der Waals surface area contributed by atoms with Gasteiger partial charge in [-0.15, -0.1) is 0 Å². The molecule has 4 heteroatoms. The summed E-state index contributed by atoms with van der Waals surface area (Å²) in [5, 5.41) is 3.34. The van der Waals surface area contributed by atoms with Crippen molar-refractivity contribution in [3.63, 3.8) is 0 Å². The molecule has 1 aliphatic carbocycles. The molecule has 0 bridgehead atoms. The Hall–Kier alpha value is -0.900. The summed E-state index contributed by atoms with van der Waals surface area (Å²) in [5.74, 6) is 0.241. The quantitative estimate of drug-likeness (QED) is 0.717. The lowest BCUT2D eigenvalue weighted by Gasteiger charge is -2.27. The van der Waals surface area contributed by atoms with Gasteiger partial charge in [0.05, 0.1) is 5.41 Å². The van der Waals surface area contributed by atoms with Gasteiger partial charge in [-0.1, -0.05) is 12.8 Å². The minimum atomic E-state index is -0.295. The Balaban J connectivity index is 1.79. The first-order valence-electron chi connectivity index (χ1n) is 7.30. The molecule has 18 heavy (non-hydrogen) atoms. The lowest BCUT2D eigenvalue weighted by Crippen LogP contribution is -2.42. The molecule has 1 unspecified atom stereocenters. The summed E-state index contributed by atoms with van der Waals surface area (Å²) in [4.78, 5) is 26.5. The highest BCUT2D eigenvalue weighted by Crippen LogP contribution is 2.47. The third kappa shape index (κ3) is 1.87. The van der Waals surface area contributed by atoms with Crippen LogP contribution in [0.15, 0.2) is 0 Å². The molecule has 3 aliphatic rings. The maximum absolute atomic E-state index is 12.6. The minimum Gasteiger partial charge on any atom is -0.317 e. The summed E-state index contributed by atoms with van der Waals surface area (Å²) < 4.78 is 0. The van der Waals surface area contributed by atoms with E-state index < -0.39 is 0 Å². The lowest BCUT2D eigenvalue weighted by atomic mass is 9.84. The summed E-state index contributed by atoms with van der Waals surface area (Å²) in [7, 11) is 0. The number of imide groups is 1. The first-order chi connectivity index (χ1) is 8.73. The van der Waals surface area contributed by atoms with Crippen LogP contribution < -0.4 is 5.32 Å². The number of rotatable bonds is 1. The van der Waals surface area contributed by atoms with Gasteiger partial charge in [-0.05, 0) is 45.2 Å². The summed E-state index contributed by atoms with van der Waals surface area (Å²) in [6, 6.07) is 0.153. The number of nitrogens with zero attached hydrogens (tertiary/aromatic N) is 1. The average molecular weight is 250 g/mol. The second-order valence-corrected chi connectivity index (χ2v) is 6.07. The average Bonchev–Trinajstić information content (AvgIpc) is 2.78. The predicted molar refractivity (Wildman–Crippen MR) is 67.9 cm³/mol. The maximum Gasteiger partial charge on any atom is 0.236 e. The van der Waals surface area contributed by atoms with Crippen molar-refractivity contribution in [1.29, 1.82) is 0 Å². The Kier molecular flexibility index (Phi) is 3.14. The number of likely N-dealkylation sites (tertiary alicyclic amines) is 1. The second kappa shape index (κ2) is 4.65. The number of hydrogen-bond donors (Lipinski definition) is 1. The molecule has 4 nitrogen and oxygen atoms in total. The van der Waals surface area contributed by atoms with Gasteiger partial charge in [-0.25, -0.2) is 0 Å². The first-order valence-corrected chi connectivity index (χ1v) is 7.30. The van der Waals surface area contributed by atoms with Crippen LogP contribution in [0.1, 0.15) is 51.4 Å². The molecule has 2 saturated heterocycles. The van der Waals surface area contributed by atoms with Crippen molar-refractivity contribution in [2.45, 2.75) is 57.4 Å². The zero-order valence-corrected chi connectivity index (χ0v) is 10.9. The van der Waals surface area contributed by atoms with Gasteiger partial charge < -0.3 is 5.32 Å². The van der Waals surface area contributed by atoms with E-state index in [9.17, 15) is 9.59 Å². The van der Waals surface area contributed by atoms with Gasteiger partial charge in [0.1, 0.15) is 0 Å². The molecule has 3 fully saturated rings. The molecule has 0 aromatic heterocycles. The number of hydrogen-bond acceptors (Lipinski definition) is 3. The second-order valence-electron chi connectivity index (χ2n) is 6.07. The van der Waals surface area contributed by atoms with E-state index in [4.69, 9.17) is 0 Å². The van der Waals surface area contributed by atoms with Crippen molar-refractivity contribution >= 4 is 11.8 Å². The van der Waals surface area contributed by atoms with Crippen molar-refractivity contribution < 1.29 is 9.59 Å². The Bertz CT molecular complexity index is 353. The Morgan fingerprint density at radius 2 is 1.83 bits per heavy atom. The maximum atomic E-state index is 12.6. The normalized spacial score (nSPS) is 32.2. The Labute approximate surface area is 108 Å². The number of carbonyl (C=O) groups is 2. The summed E-state index contributed by atoms with van der Waals surface area (Å²) >= 11 is 0. The van der Waals surface area contributed by atoms with Gasteiger partial charge in [0.15, 0.2) is 0 Å². The molecule has 0 aromatic rings. The fourth-order valence-corrected chi connectivity index (χ4v) is 3.89. The molecule has 2 heterocycles. The molecule has 1 atom stereocenters. The van der Waals surface area contributed by atoms with Crippen molar-refractivity contribution in [2.75, 3.05) is 13.1 Å². The minimum absolute atomic E-state index is 0.0915. The molecular formula is C14H22N2O2. The number of nitrogens with one attached hydrogen (secondary N) is 1. The van der Waals surface area contributed by atoms with Crippen LogP contribution in [0.5, 0.6) is 0 Å². The zero-order chi connectivity index (χ0) is 12.6. The summed E-state index contributed by atoms with van der Waals surface area (Å²) in [5.41, 5.74) is -0.295. The van der Waals surface area contributed by atoms with Crippen LogP contribution >= 0.6 is 0 Å². The van der Waals surface area contributed by atoms with Crippen molar-refractivity contribution in [1.82, 2.24) is 10.2 Å². The molecule has 100 valence electrons. The SMILES string of the molecule is O=C1CC2(CCCC2)C(=O)N1C1CCCNCC1. The largest absolute Gasteiger partial charge is 0.317 e. The van der Waals surface area contributed by atoms with E-state index in [0.29, 0.717) is 6.42 Å². The van der Waals surface area contributed by atoms with Crippen LogP contribution in [0.25, 0.3) is 0 Å². The third-order valence-electron chi connectivity index (χ3n) is 4.90. The van der Waals surface area contributed by atoms with Gasteiger partial charge in [-0.2, -0.15) is 0 Å². The van der Waals surface area contributed by atoms with E-state index in [1.54, 1.807) is 4.90 Å². The first kappa shape index (κ1) is 12.2. The van der Waals surface area contributed by atoms with Crippen LogP contribution in [0.4, 0.5) is 0 Å². The standard InChI is InChI=1S/C14H22N2O2/c17-12-10-14(6-1-2-7-14)13(18)16(12)11-4-3-8-15-9-5-11/h11,15H,1-10H2. The topological polar surface area (TPSA) is 49.4 Å². The van der Waals surface area contributed by atoms with Gasteiger partial charge in [0.2, 0.25) is 11.8 Å². The molecule has 1 spiro atoms. The van der Waals surface area contributed by atoms with Crippen molar-refractivity contribution in [3.05, 3.63) is 0 Å². The molecule has 1 N–H and O–H groups in total.